The first kappa shape index (κ1) is 21.2. The largest absolute Gasteiger partial charge is 0.416 e. The van der Waals surface area contributed by atoms with Gasteiger partial charge < -0.3 is 10.6 Å². The van der Waals surface area contributed by atoms with Crippen LogP contribution in [0.25, 0.3) is 11.3 Å². The molecular weight excluding hydrogens is 419 g/mol. The van der Waals surface area contributed by atoms with Crippen molar-refractivity contribution in [3.63, 3.8) is 0 Å². The zero-order valence-electron chi connectivity index (χ0n) is 15.4. The number of aromatic nitrogens is 2. The van der Waals surface area contributed by atoms with Crippen LogP contribution in [-0.4, -0.2) is 35.0 Å². The number of carbonyl (C=O) groups excluding carboxylic acids is 2. The van der Waals surface area contributed by atoms with Crippen molar-refractivity contribution >= 4 is 28.4 Å². The van der Waals surface area contributed by atoms with E-state index in [0.29, 0.717) is 10.8 Å². The fraction of sp³-hybridized carbons (Fsp3) is 0.158. The second-order valence-electron chi connectivity index (χ2n) is 5.99. The monoisotopic (exact) mass is 435 g/mol. The van der Waals surface area contributed by atoms with Crippen molar-refractivity contribution in [1.29, 1.82) is 0 Å². The number of halogens is 3. The Balaban J connectivity index is 1.41. The molecule has 3 aromatic rings. The summed E-state index contributed by atoms with van der Waals surface area (Å²) in [7, 11) is 0. The number of rotatable bonds is 6. The van der Waals surface area contributed by atoms with E-state index < -0.39 is 23.7 Å². The molecule has 156 valence electrons. The number of thiazole rings is 1. The van der Waals surface area contributed by atoms with Crippen LogP contribution in [0.5, 0.6) is 0 Å². The second-order valence-corrected chi connectivity index (χ2v) is 6.85. The Morgan fingerprint density at radius 3 is 2.43 bits per heavy atom. The first-order chi connectivity index (χ1) is 14.3. The van der Waals surface area contributed by atoms with Crippen molar-refractivity contribution in [3.05, 3.63) is 65.3 Å². The molecule has 0 aliphatic rings. The lowest BCUT2D eigenvalue weighted by Gasteiger charge is -2.09. The lowest BCUT2D eigenvalue weighted by atomic mass is 10.1. The molecular formula is C19H16F3N5O2S. The van der Waals surface area contributed by atoms with Crippen LogP contribution in [0.3, 0.4) is 0 Å². The lowest BCUT2D eigenvalue weighted by molar-refractivity contribution is -0.137. The van der Waals surface area contributed by atoms with E-state index in [1.165, 1.54) is 11.3 Å². The van der Waals surface area contributed by atoms with Gasteiger partial charge in [0.15, 0.2) is 5.13 Å². The molecule has 11 heteroatoms. The van der Waals surface area contributed by atoms with Crippen LogP contribution in [0.2, 0.25) is 0 Å². The highest BCUT2D eigenvalue weighted by Gasteiger charge is 2.30. The van der Waals surface area contributed by atoms with Crippen molar-refractivity contribution in [2.75, 3.05) is 18.4 Å². The summed E-state index contributed by atoms with van der Waals surface area (Å²) >= 11 is 1.26. The number of nitrogens with one attached hydrogen (secondary N) is 3. The van der Waals surface area contributed by atoms with Gasteiger partial charge in [-0.25, -0.2) is 9.78 Å². The number of hydrogen-bond donors (Lipinski definition) is 3. The number of urea groups is 1. The Hall–Kier alpha value is -3.47. The molecule has 0 fully saturated rings. The zero-order valence-corrected chi connectivity index (χ0v) is 16.2. The third-order valence-electron chi connectivity index (χ3n) is 3.85. The molecule has 3 rings (SSSR count). The van der Waals surface area contributed by atoms with Gasteiger partial charge in [0.2, 0.25) is 0 Å². The van der Waals surface area contributed by atoms with Gasteiger partial charge in [-0.3, -0.25) is 15.1 Å². The van der Waals surface area contributed by atoms with E-state index in [9.17, 15) is 22.8 Å². The normalized spacial score (nSPS) is 11.0. The van der Waals surface area contributed by atoms with Crippen molar-refractivity contribution in [3.8, 4) is 11.3 Å². The molecule has 3 amide bonds. The number of pyridine rings is 1. The predicted octanol–water partition coefficient (Wildman–Crippen LogP) is 3.78. The minimum absolute atomic E-state index is 0.0955. The Bertz CT molecular complexity index is 1010. The SMILES string of the molecule is O=C(NCCNC(=O)c1ccc(C(F)(F)F)cc1)Nc1nc(-c2cccnc2)cs1. The van der Waals surface area contributed by atoms with Gasteiger partial charge in [0.05, 0.1) is 11.3 Å². The molecule has 7 nitrogen and oxygen atoms in total. The van der Waals surface area contributed by atoms with E-state index in [1.54, 1.807) is 23.8 Å². The average Bonchev–Trinajstić information content (AvgIpc) is 3.19. The van der Waals surface area contributed by atoms with Gasteiger partial charge in [-0.1, -0.05) is 0 Å². The Morgan fingerprint density at radius 1 is 1.03 bits per heavy atom. The first-order valence-electron chi connectivity index (χ1n) is 8.69. The second kappa shape index (κ2) is 9.35. The summed E-state index contributed by atoms with van der Waals surface area (Å²) in [6.45, 7) is 0.227. The summed E-state index contributed by atoms with van der Waals surface area (Å²) in [6, 6.07) is 7.02. The molecule has 3 N–H and O–H groups in total. The minimum Gasteiger partial charge on any atom is -0.350 e. The maximum absolute atomic E-state index is 12.5. The van der Waals surface area contributed by atoms with Crippen molar-refractivity contribution in [2.45, 2.75) is 6.18 Å². The Kier molecular flexibility index (Phi) is 6.62. The smallest absolute Gasteiger partial charge is 0.350 e. The quantitative estimate of drug-likeness (QED) is 0.514. The van der Waals surface area contributed by atoms with Crippen LogP contribution in [0.15, 0.2) is 54.2 Å². The molecule has 0 aliphatic carbocycles. The fourth-order valence-corrected chi connectivity index (χ4v) is 3.10. The minimum atomic E-state index is -4.46. The zero-order chi connectivity index (χ0) is 21.6. The number of nitrogens with zero attached hydrogens (tertiary/aromatic N) is 2. The highest BCUT2D eigenvalue weighted by atomic mass is 32.1. The average molecular weight is 435 g/mol. The molecule has 2 heterocycles. The van der Waals surface area contributed by atoms with Crippen LogP contribution < -0.4 is 16.0 Å². The maximum Gasteiger partial charge on any atom is 0.416 e. The molecule has 0 aliphatic heterocycles. The fourth-order valence-electron chi connectivity index (χ4n) is 2.38. The van der Waals surface area contributed by atoms with Gasteiger partial charge in [-0.2, -0.15) is 13.2 Å². The van der Waals surface area contributed by atoms with Crippen LogP contribution in [0.4, 0.5) is 23.1 Å². The predicted molar refractivity (Wildman–Crippen MR) is 106 cm³/mol. The molecule has 1 aromatic carbocycles. The van der Waals surface area contributed by atoms with Crippen LogP contribution in [-0.2, 0) is 6.18 Å². The van der Waals surface area contributed by atoms with E-state index in [4.69, 9.17) is 0 Å². The molecule has 2 aromatic heterocycles. The number of alkyl halides is 3. The first-order valence-corrected chi connectivity index (χ1v) is 9.57. The third-order valence-corrected chi connectivity index (χ3v) is 4.61. The van der Waals surface area contributed by atoms with Gasteiger partial charge in [-0.15, -0.1) is 11.3 Å². The number of carbonyl (C=O) groups is 2. The molecule has 0 bridgehead atoms. The molecule has 0 saturated carbocycles. The lowest BCUT2D eigenvalue weighted by Crippen LogP contribution is -2.36. The topological polar surface area (TPSA) is 96.0 Å². The molecule has 0 saturated heterocycles. The number of benzene rings is 1. The summed E-state index contributed by atoms with van der Waals surface area (Å²) in [4.78, 5) is 32.2. The molecule has 0 spiro atoms. The van der Waals surface area contributed by atoms with Crippen molar-refractivity contribution in [1.82, 2.24) is 20.6 Å². The van der Waals surface area contributed by atoms with Crippen LogP contribution in [0, 0.1) is 0 Å². The Labute approximate surface area is 173 Å². The number of hydrogen-bond acceptors (Lipinski definition) is 5. The van der Waals surface area contributed by atoms with Gasteiger partial charge in [0.25, 0.3) is 5.91 Å². The van der Waals surface area contributed by atoms with Crippen LogP contribution in [0.1, 0.15) is 15.9 Å². The summed E-state index contributed by atoms with van der Waals surface area (Å²) in [6.07, 6.45) is -1.14. The highest BCUT2D eigenvalue weighted by Crippen LogP contribution is 2.29. The molecule has 0 unspecified atom stereocenters. The van der Waals surface area contributed by atoms with E-state index in [1.807, 2.05) is 6.07 Å². The third kappa shape index (κ3) is 5.77. The summed E-state index contributed by atoms with van der Waals surface area (Å²) < 4.78 is 37.6. The highest BCUT2D eigenvalue weighted by molar-refractivity contribution is 7.14. The molecule has 0 atom stereocenters. The summed E-state index contributed by atoms with van der Waals surface area (Å²) in [5.74, 6) is -0.535. The van der Waals surface area contributed by atoms with E-state index in [2.05, 4.69) is 25.9 Å². The van der Waals surface area contributed by atoms with E-state index >= 15 is 0 Å². The van der Waals surface area contributed by atoms with Crippen molar-refractivity contribution in [2.24, 2.45) is 0 Å². The van der Waals surface area contributed by atoms with Gasteiger partial charge in [-0.05, 0) is 36.4 Å². The number of amides is 3. The van der Waals surface area contributed by atoms with Gasteiger partial charge in [0.1, 0.15) is 0 Å². The maximum atomic E-state index is 12.5. The van der Waals surface area contributed by atoms with Gasteiger partial charge in [0, 0.05) is 42.0 Å². The standard InChI is InChI=1S/C19H16F3N5O2S/c20-19(21,22)14-5-3-12(4-6-14)16(28)24-8-9-25-17(29)27-18-26-15(11-30-18)13-2-1-7-23-10-13/h1-7,10-11H,8-9H2,(H,24,28)(H2,25,26,27,29). The summed E-state index contributed by atoms with van der Waals surface area (Å²) in [5.41, 5.74) is 0.782. The van der Waals surface area contributed by atoms with Crippen LogP contribution >= 0.6 is 11.3 Å². The summed E-state index contributed by atoms with van der Waals surface area (Å²) in [5, 5.41) is 9.86. The molecule has 0 radical (unpaired) electrons. The van der Waals surface area contributed by atoms with Crippen molar-refractivity contribution < 1.29 is 22.8 Å². The van der Waals surface area contributed by atoms with E-state index in [-0.39, 0.29) is 18.7 Å². The van der Waals surface area contributed by atoms with Gasteiger partial charge >= 0.3 is 12.2 Å². The number of anilines is 1. The Morgan fingerprint density at radius 2 is 1.77 bits per heavy atom. The van der Waals surface area contributed by atoms with E-state index in [0.717, 1.165) is 29.8 Å². The molecule has 30 heavy (non-hydrogen) atoms.